The molecule has 0 aromatic heterocycles. The van der Waals surface area contributed by atoms with E-state index >= 15 is 0 Å². The summed E-state index contributed by atoms with van der Waals surface area (Å²) < 4.78 is 0. The maximum absolute atomic E-state index is 12.2. The summed E-state index contributed by atoms with van der Waals surface area (Å²) in [7, 11) is 1.97. The van der Waals surface area contributed by atoms with E-state index in [2.05, 4.69) is 25.7 Å². The van der Waals surface area contributed by atoms with E-state index in [1.807, 2.05) is 7.05 Å². The molecule has 0 aliphatic rings. The van der Waals surface area contributed by atoms with Gasteiger partial charge in [-0.15, -0.1) is 0 Å². The van der Waals surface area contributed by atoms with Crippen LogP contribution in [0.15, 0.2) is 0 Å². The molecule has 0 aromatic carbocycles. The van der Waals surface area contributed by atoms with Crippen molar-refractivity contribution in [2.45, 2.75) is 47.1 Å². The van der Waals surface area contributed by atoms with Crippen LogP contribution >= 0.6 is 0 Å². The summed E-state index contributed by atoms with van der Waals surface area (Å²) in [6, 6.07) is 0. The van der Waals surface area contributed by atoms with Gasteiger partial charge in [0.05, 0.1) is 0 Å². The second-order valence-corrected chi connectivity index (χ2v) is 6.96. The van der Waals surface area contributed by atoms with Gasteiger partial charge < -0.3 is 10.0 Å². The summed E-state index contributed by atoms with van der Waals surface area (Å²) in [5.41, 5.74) is -0.560. The molecule has 0 spiro atoms. The fourth-order valence-corrected chi connectivity index (χ4v) is 1.50. The zero-order valence-corrected chi connectivity index (χ0v) is 13.3. The monoisotopic (exact) mass is 272 g/mol. The normalized spacial score (nSPS) is 12.6. The van der Waals surface area contributed by atoms with Gasteiger partial charge in [0.25, 0.3) is 0 Å². The van der Waals surface area contributed by atoms with Crippen molar-refractivity contribution in [3.05, 3.63) is 0 Å². The zero-order valence-electron chi connectivity index (χ0n) is 13.3. The van der Waals surface area contributed by atoms with Crippen LogP contribution in [0.3, 0.4) is 0 Å². The van der Waals surface area contributed by atoms with Crippen LogP contribution in [-0.4, -0.2) is 59.0 Å². The second kappa shape index (κ2) is 6.37. The molecular weight excluding hydrogens is 244 g/mol. The van der Waals surface area contributed by atoms with Crippen LogP contribution in [-0.2, 0) is 9.59 Å². The molecule has 19 heavy (non-hydrogen) atoms. The van der Waals surface area contributed by atoms with E-state index in [9.17, 15) is 9.59 Å². The Morgan fingerprint density at radius 3 is 1.79 bits per heavy atom. The van der Waals surface area contributed by atoms with E-state index in [0.717, 1.165) is 0 Å². The van der Waals surface area contributed by atoms with E-state index < -0.39 is 11.4 Å². The first kappa shape index (κ1) is 17.9. The number of amides is 1. The molecule has 5 nitrogen and oxygen atoms in total. The second-order valence-electron chi connectivity index (χ2n) is 6.96. The first-order chi connectivity index (χ1) is 8.35. The number of rotatable bonds is 5. The molecule has 0 saturated carbocycles. The largest absolute Gasteiger partial charge is 0.480 e. The van der Waals surface area contributed by atoms with Crippen molar-refractivity contribution < 1.29 is 14.7 Å². The van der Waals surface area contributed by atoms with Crippen molar-refractivity contribution in [1.29, 1.82) is 0 Å². The Balaban J connectivity index is 4.72. The van der Waals surface area contributed by atoms with Crippen LogP contribution in [0.4, 0.5) is 0 Å². The van der Waals surface area contributed by atoms with Gasteiger partial charge in [-0.1, -0.05) is 20.8 Å². The highest BCUT2D eigenvalue weighted by Gasteiger charge is 2.29. The fourth-order valence-electron chi connectivity index (χ4n) is 1.50. The van der Waals surface area contributed by atoms with E-state index in [-0.39, 0.29) is 18.0 Å². The molecule has 0 saturated heterocycles. The van der Waals surface area contributed by atoms with Gasteiger partial charge in [-0.25, -0.2) is 0 Å². The topological polar surface area (TPSA) is 60.9 Å². The van der Waals surface area contributed by atoms with Crippen molar-refractivity contribution in [2.24, 2.45) is 5.41 Å². The minimum atomic E-state index is -0.976. The number of carboxylic acids is 1. The molecular formula is C14H28N2O3. The van der Waals surface area contributed by atoms with Gasteiger partial charge in [-0.3, -0.25) is 14.5 Å². The van der Waals surface area contributed by atoms with E-state index in [1.165, 1.54) is 4.90 Å². The van der Waals surface area contributed by atoms with Crippen molar-refractivity contribution >= 4 is 11.9 Å². The molecule has 0 aliphatic heterocycles. The molecule has 0 radical (unpaired) electrons. The highest BCUT2D eigenvalue weighted by atomic mass is 16.4. The number of carboxylic acid groups (broad SMARTS) is 1. The minimum absolute atomic E-state index is 0.000324. The van der Waals surface area contributed by atoms with Crippen LogP contribution < -0.4 is 0 Å². The SMILES string of the molecule is CN(CCN(CC(=O)O)C(=O)C(C)(C)C)C(C)(C)C. The number of carbonyl (C=O) groups is 2. The highest BCUT2D eigenvalue weighted by Crippen LogP contribution is 2.18. The van der Waals surface area contributed by atoms with E-state index in [0.29, 0.717) is 13.1 Å². The number of aliphatic carboxylic acids is 1. The number of nitrogens with zero attached hydrogens (tertiary/aromatic N) is 2. The molecule has 5 heteroatoms. The number of likely N-dealkylation sites (N-methyl/N-ethyl adjacent to an activating group) is 1. The Kier molecular flexibility index (Phi) is 6.00. The van der Waals surface area contributed by atoms with Gasteiger partial charge in [0.2, 0.25) is 5.91 Å². The number of hydrogen-bond donors (Lipinski definition) is 1. The zero-order chi connectivity index (χ0) is 15.4. The lowest BCUT2D eigenvalue weighted by atomic mass is 9.94. The number of carbonyl (C=O) groups excluding carboxylic acids is 1. The molecule has 1 N–H and O–H groups in total. The Morgan fingerprint density at radius 2 is 1.47 bits per heavy atom. The maximum atomic E-state index is 12.2. The summed E-state index contributed by atoms with van der Waals surface area (Å²) >= 11 is 0. The van der Waals surface area contributed by atoms with Crippen molar-refractivity contribution in [3.8, 4) is 0 Å². The molecule has 0 bridgehead atoms. The summed E-state index contributed by atoms with van der Waals surface area (Å²) in [5, 5.41) is 8.92. The molecule has 0 aromatic rings. The Bertz CT molecular complexity index is 327. The quantitative estimate of drug-likeness (QED) is 0.827. The van der Waals surface area contributed by atoms with Crippen molar-refractivity contribution in [1.82, 2.24) is 9.80 Å². The summed E-state index contributed by atoms with van der Waals surface area (Å²) in [4.78, 5) is 26.6. The van der Waals surface area contributed by atoms with Crippen LogP contribution in [0.2, 0.25) is 0 Å². The third kappa shape index (κ3) is 6.57. The van der Waals surface area contributed by atoms with Crippen molar-refractivity contribution in [2.75, 3.05) is 26.7 Å². The molecule has 1 amide bonds. The van der Waals surface area contributed by atoms with Crippen molar-refractivity contribution in [3.63, 3.8) is 0 Å². The summed E-state index contributed by atoms with van der Waals surface area (Å²) in [5.74, 6) is -1.10. The molecule has 0 rings (SSSR count). The van der Waals surface area contributed by atoms with E-state index in [4.69, 9.17) is 5.11 Å². The van der Waals surface area contributed by atoms with Crippen LogP contribution in [0, 0.1) is 5.41 Å². The summed E-state index contributed by atoms with van der Waals surface area (Å²) in [6.07, 6.45) is 0. The van der Waals surface area contributed by atoms with Crippen LogP contribution in [0.25, 0.3) is 0 Å². The van der Waals surface area contributed by atoms with Gasteiger partial charge in [0.15, 0.2) is 0 Å². The van der Waals surface area contributed by atoms with Crippen LogP contribution in [0.1, 0.15) is 41.5 Å². The minimum Gasteiger partial charge on any atom is -0.480 e. The third-order valence-electron chi connectivity index (χ3n) is 3.11. The van der Waals surface area contributed by atoms with Gasteiger partial charge in [-0.05, 0) is 27.8 Å². The smallest absolute Gasteiger partial charge is 0.323 e. The fraction of sp³-hybridized carbons (Fsp3) is 0.857. The van der Waals surface area contributed by atoms with E-state index in [1.54, 1.807) is 20.8 Å². The Hall–Kier alpha value is -1.10. The first-order valence-corrected chi connectivity index (χ1v) is 6.58. The molecule has 0 unspecified atom stereocenters. The third-order valence-corrected chi connectivity index (χ3v) is 3.11. The lowest BCUT2D eigenvalue weighted by molar-refractivity contribution is -0.148. The van der Waals surface area contributed by atoms with Crippen LogP contribution in [0.5, 0.6) is 0 Å². The predicted molar refractivity (Wildman–Crippen MR) is 76.1 cm³/mol. The molecule has 112 valence electrons. The highest BCUT2D eigenvalue weighted by molar-refractivity contribution is 5.85. The lowest BCUT2D eigenvalue weighted by Crippen LogP contribution is -2.48. The average molecular weight is 272 g/mol. The van der Waals surface area contributed by atoms with Gasteiger partial charge >= 0.3 is 5.97 Å². The predicted octanol–water partition coefficient (Wildman–Crippen LogP) is 1.68. The Labute approximate surface area is 116 Å². The first-order valence-electron chi connectivity index (χ1n) is 6.58. The van der Waals surface area contributed by atoms with Gasteiger partial charge in [0, 0.05) is 24.0 Å². The molecule has 0 atom stereocenters. The summed E-state index contributed by atoms with van der Waals surface area (Å²) in [6.45, 7) is 12.5. The standard InChI is InChI=1S/C14H28N2O3/c1-13(2,3)12(19)16(10-11(17)18)9-8-15(7)14(4,5)6/h8-10H2,1-7H3,(H,17,18). The average Bonchev–Trinajstić information content (AvgIpc) is 2.19. The van der Waals surface area contributed by atoms with Gasteiger partial charge in [0.1, 0.15) is 6.54 Å². The Morgan fingerprint density at radius 1 is 1.00 bits per heavy atom. The maximum Gasteiger partial charge on any atom is 0.323 e. The molecule has 0 aliphatic carbocycles. The van der Waals surface area contributed by atoms with Gasteiger partial charge in [-0.2, -0.15) is 0 Å². The molecule has 0 fully saturated rings. The lowest BCUT2D eigenvalue weighted by Gasteiger charge is -2.35. The number of hydrogen-bond acceptors (Lipinski definition) is 3. The molecule has 0 heterocycles.